The van der Waals surface area contributed by atoms with Gasteiger partial charge in [-0.15, -0.1) is 0 Å². The van der Waals surface area contributed by atoms with Crippen molar-refractivity contribution in [1.82, 2.24) is 9.21 Å². The third kappa shape index (κ3) is 4.39. The van der Waals surface area contributed by atoms with Crippen molar-refractivity contribution in [2.45, 2.75) is 37.8 Å². The minimum Gasteiger partial charge on any atom is -0.487 e. The molecule has 1 heterocycles. The highest BCUT2D eigenvalue weighted by atomic mass is 79.9. The number of sulfonamides is 1. The van der Waals surface area contributed by atoms with Crippen LogP contribution in [0.3, 0.4) is 0 Å². The number of aliphatic hydroxyl groups is 1. The van der Waals surface area contributed by atoms with Crippen LogP contribution in [-0.2, 0) is 14.8 Å². The number of amides is 1. The van der Waals surface area contributed by atoms with Crippen molar-refractivity contribution in [2.75, 3.05) is 26.7 Å². The van der Waals surface area contributed by atoms with Crippen molar-refractivity contribution < 1.29 is 23.1 Å². The number of aliphatic hydroxyl groups excluding tert-OH is 1. The first-order valence-electron chi connectivity index (χ1n) is 8.38. The van der Waals surface area contributed by atoms with E-state index in [1.165, 1.54) is 17.3 Å². The largest absolute Gasteiger partial charge is 0.487 e. The Kier molecular flexibility index (Phi) is 6.70. The Balaban J connectivity index is 2.54. The van der Waals surface area contributed by atoms with Crippen molar-refractivity contribution in [3.8, 4) is 5.75 Å². The average molecular weight is 449 g/mol. The molecule has 1 N–H and O–H groups in total. The Morgan fingerprint density at radius 3 is 2.73 bits per heavy atom. The van der Waals surface area contributed by atoms with E-state index < -0.39 is 16.1 Å². The van der Waals surface area contributed by atoms with Crippen LogP contribution in [0.5, 0.6) is 5.75 Å². The zero-order valence-electron chi connectivity index (χ0n) is 15.3. The molecule has 0 saturated heterocycles. The minimum atomic E-state index is -3.82. The summed E-state index contributed by atoms with van der Waals surface area (Å²) in [6.07, 6.45) is -0.388. The van der Waals surface area contributed by atoms with E-state index in [-0.39, 0.29) is 41.7 Å². The highest BCUT2D eigenvalue weighted by Gasteiger charge is 2.38. The molecule has 3 atom stereocenters. The molecule has 0 fully saturated rings. The number of hydrogen-bond donors (Lipinski definition) is 1. The van der Waals surface area contributed by atoms with E-state index in [2.05, 4.69) is 15.9 Å². The standard InChI is InChI=1S/C17H25BrN2O5S/c1-11-8-20(12(2)10-21)26(23,24)17-6-5-14(18)7-15(17)25-16(11)9-19(4)13(3)22/h5-7,11-12,16,21H,8-10H2,1-4H3/t11-,12+,16-/m1/s1. The maximum absolute atomic E-state index is 13.1. The van der Waals surface area contributed by atoms with Crippen LogP contribution in [0.15, 0.2) is 27.6 Å². The van der Waals surface area contributed by atoms with Gasteiger partial charge in [-0.2, -0.15) is 4.31 Å². The highest BCUT2D eigenvalue weighted by Crippen LogP contribution is 2.35. The van der Waals surface area contributed by atoms with Crippen molar-refractivity contribution in [1.29, 1.82) is 0 Å². The number of hydrogen-bond acceptors (Lipinski definition) is 5. The SMILES string of the molecule is CC(=O)N(C)C[C@H]1Oc2cc(Br)ccc2S(=O)(=O)N([C@@H](C)CO)C[C@H]1C. The van der Waals surface area contributed by atoms with Crippen LogP contribution in [0.4, 0.5) is 0 Å². The third-order valence-electron chi connectivity index (χ3n) is 4.62. The van der Waals surface area contributed by atoms with Crippen LogP contribution in [0, 0.1) is 5.92 Å². The molecule has 0 saturated carbocycles. The monoisotopic (exact) mass is 448 g/mol. The highest BCUT2D eigenvalue weighted by molar-refractivity contribution is 9.10. The first kappa shape index (κ1) is 21.1. The predicted molar refractivity (Wildman–Crippen MR) is 101 cm³/mol. The van der Waals surface area contributed by atoms with E-state index in [9.17, 15) is 18.3 Å². The number of fused-ring (bicyclic) bond motifs is 1. The molecule has 2 rings (SSSR count). The molecule has 1 aliphatic heterocycles. The van der Waals surface area contributed by atoms with Gasteiger partial charge in [0.25, 0.3) is 0 Å². The normalized spacial score (nSPS) is 23.9. The number of nitrogens with zero attached hydrogens (tertiary/aromatic N) is 2. The lowest BCUT2D eigenvalue weighted by atomic mass is 10.0. The zero-order chi connectivity index (χ0) is 19.6. The summed E-state index contributed by atoms with van der Waals surface area (Å²) in [7, 11) is -2.14. The van der Waals surface area contributed by atoms with E-state index in [4.69, 9.17) is 4.74 Å². The van der Waals surface area contributed by atoms with Crippen LogP contribution in [-0.4, -0.2) is 67.5 Å². The molecule has 0 bridgehead atoms. The summed E-state index contributed by atoms with van der Waals surface area (Å²) < 4.78 is 34.3. The molecule has 1 aliphatic rings. The number of carbonyl (C=O) groups is 1. The Bertz CT molecular complexity index is 770. The van der Waals surface area contributed by atoms with E-state index >= 15 is 0 Å². The van der Waals surface area contributed by atoms with Gasteiger partial charge in [0.05, 0.1) is 13.2 Å². The summed E-state index contributed by atoms with van der Waals surface area (Å²) in [6.45, 7) is 5.27. The Hall–Kier alpha value is -1.16. The second kappa shape index (κ2) is 8.24. The molecule has 0 aromatic heterocycles. The van der Waals surface area contributed by atoms with E-state index in [0.29, 0.717) is 11.0 Å². The van der Waals surface area contributed by atoms with Gasteiger partial charge in [-0.3, -0.25) is 4.79 Å². The summed E-state index contributed by atoms with van der Waals surface area (Å²) in [5.41, 5.74) is 0. The van der Waals surface area contributed by atoms with Crippen LogP contribution >= 0.6 is 15.9 Å². The summed E-state index contributed by atoms with van der Waals surface area (Å²) in [5, 5.41) is 9.55. The van der Waals surface area contributed by atoms with Crippen molar-refractivity contribution >= 4 is 31.9 Å². The first-order valence-corrected chi connectivity index (χ1v) is 10.6. The van der Waals surface area contributed by atoms with Gasteiger partial charge in [-0.25, -0.2) is 8.42 Å². The molecule has 1 aromatic rings. The Morgan fingerprint density at radius 1 is 1.50 bits per heavy atom. The second-order valence-corrected chi connectivity index (χ2v) is 9.51. The fraction of sp³-hybridized carbons (Fsp3) is 0.588. The van der Waals surface area contributed by atoms with Crippen LogP contribution < -0.4 is 4.74 Å². The predicted octanol–water partition coefficient (Wildman–Crippen LogP) is 1.70. The molecule has 1 aromatic carbocycles. The quantitative estimate of drug-likeness (QED) is 0.756. The molecule has 9 heteroatoms. The molecule has 146 valence electrons. The number of ether oxygens (including phenoxy) is 1. The first-order chi connectivity index (χ1) is 12.1. The lowest BCUT2D eigenvalue weighted by molar-refractivity contribution is -0.129. The van der Waals surface area contributed by atoms with Gasteiger partial charge in [-0.05, 0) is 25.1 Å². The Labute approximate surface area is 163 Å². The maximum Gasteiger partial charge on any atom is 0.247 e. The molecule has 7 nitrogen and oxygen atoms in total. The zero-order valence-corrected chi connectivity index (χ0v) is 17.7. The Morgan fingerprint density at radius 2 is 2.15 bits per heavy atom. The summed E-state index contributed by atoms with van der Waals surface area (Å²) >= 11 is 3.35. The number of likely N-dealkylation sites (N-methyl/N-ethyl adjacent to an activating group) is 1. The third-order valence-corrected chi connectivity index (χ3v) is 7.13. The molecule has 1 amide bonds. The van der Waals surface area contributed by atoms with Gasteiger partial charge in [0.15, 0.2) is 0 Å². The van der Waals surface area contributed by atoms with Gasteiger partial charge < -0.3 is 14.7 Å². The maximum atomic E-state index is 13.1. The molecular formula is C17H25BrN2O5S. The lowest BCUT2D eigenvalue weighted by Gasteiger charge is -2.37. The fourth-order valence-corrected chi connectivity index (χ4v) is 4.98. The lowest BCUT2D eigenvalue weighted by Crippen LogP contribution is -2.50. The molecule has 0 spiro atoms. The number of halogens is 1. The van der Waals surface area contributed by atoms with Crippen LogP contribution in [0.1, 0.15) is 20.8 Å². The number of rotatable bonds is 4. The van der Waals surface area contributed by atoms with E-state index in [1.54, 1.807) is 31.0 Å². The summed E-state index contributed by atoms with van der Waals surface area (Å²) in [6, 6.07) is 4.19. The number of carbonyl (C=O) groups excluding carboxylic acids is 1. The molecular weight excluding hydrogens is 424 g/mol. The summed E-state index contributed by atoms with van der Waals surface area (Å²) in [4.78, 5) is 13.2. The van der Waals surface area contributed by atoms with Crippen LogP contribution in [0.2, 0.25) is 0 Å². The van der Waals surface area contributed by atoms with Crippen molar-refractivity contribution in [3.05, 3.63) is 22.7 Å². The van der Waals surface area contributed by atoms with Crippen LogP contribution in [0.25, 0.3) is 0 Å². The van der Waals surface area contributed by atoms with Gasteiger partial charge in [0.2, 0.25) is 15.9 Å². The molecule has 26 heavy (non-hydrogen) atoms. The van der Waals surface area contributed by atoms with Crippen molar-refractivity contribution in [2.24, 2.45) is 5.92 Å². The van der Waals surface area contributed by atoms with E-state index in [0.717, 1.165) is 0 Å². The van der Waals surface area contributed by atoms with Gasteiger partial charge in [0, 0.05) is 36.9 Å². The number of benzene rings is 1. The summed E-state index contributed by atoms with van der Waals surface area (Å²) in [5.74, 6) is -0.0405. The minimum absolute atomic E-state index is 0.0587. The van der Waals surface area contributed by atoms with Gasteiger partial charge in [-0.1, -0.05) is 22.9 Å². The smallest absolute Gasteiger partial charge is 0.247 e. The average Bonchev–Trinajstić information content (AvgIpc) is 2.56. The van der Waals surface area contributed by atoms with E-state index in [1.807, 2.05) is 6.92 Å². The molecule has 0 radical (unpaired) electrons. The van der Waals surface area contributed by atoms with Crippen molar-refractivity contribution in [3.63, 3.8) is 0 Å². The molecule has 0 aliphatic carbocycles. The fourth-order valence-electron chi connectivity index (χ4n) is 2.82. The topological polar surface area (TPSA) is 87.2 Å². The molecule has 0 unspecified atom stereocenters. The van der Waals surface area contributed by atoms with Gasteiger partial charge in [0.1, 0.15) is 16.7 Å². The van der Waals surface area contributed by atoms with Gasteiger partial charge >= 0.3 is 0 Å². The second-order valence-electron chi connectivity index (χ2n) is 6.73.